The Bertz CT molecular complexity index is 707. The van der Waals surface area contributed by atoms with Gasteiger partial charge in [0.15, 0.2) is 0 Å². The second kappa shape index (κ2) is 5.47. The minimum Gasteiger partial charge on any atom is -0.508 e. The monoisotopic (exact) mass is 300 g/mol. The second-order valence-electron chi connectivity index (χ2n) is 6.79. The molecule has 0 amide bonds. The lowest BCUT2D eigenvalue weighted by molar-refractivity contribution is 0.252. The van der Waals surface area contributed by atoms with Crippen LogP contribution in [0.2, 0.25) is 0 Å². The second-order valence-corrected chi connectivity index (χ2v) is 6.79. The third kappa shape index (κ3) is 2.15. The molecule has 2 aromatic rings. The molecule has 0 heterocycles. The molecule has 3 N–H and O–H groups in total. The molecular weight excluding hydrogens is 276 g/mol. The lowest BCUT2D eigenvalue weighted by Crippen LogP contribution is -2.26. The minimum absolute atomic E-state index is 0.217. The minimum atomic E-state index is 0.217. The van der Waals surface area contributed by atoms with Crippen molar-refractivity contribution >= 4 is 10.8 Å². The van der Waals surface area contributed by atoms with E-state index in [1.54, 1.807) is 12.1 Å². The van der Waals surface area contributed by atoms with Crippen molar-refractivity contribution in [3.63, 3.8) is 0 Å². The number of phenols is 2. The van der Waals surface area contributed by atoms with Gasteiger partial charge in [-0.3, -0.25) is 0 Å². The van der Waals surface area contributed by atoms with Gasteiger partial charge in [0.05, 0.1) is 0 Å². The van der Waals surface area contributed by atoms with Crippen LogP contribution in [0, 0.1) is 5.41 Å². The smallest absolute Gasteiger partial charge is 0.123 e. The molecule has 2 aromatic carbocycles. The van der Waals surface area contributed by atoms with Crippen molar-refractivity contribution in [2.24, 2.45) is 5.41 Å². The van der Waals surface area contributed by atoms with E-state index in [2.05, 4.69) is 6.92 Å². The van der Waals surface area contributed by atoms with Crippen LogP contribution in [-0.2, 0) is 6.42 Å². The maximum atomic E-state index is 10.3. The number of fused-ring (bicyclic) bond motifs is 5. The summed E-state index contributed by atoms with van der Waals surface area (Å²) in [7, 11) is 1.00. The molecule has 0 bridgehead atoms. The SMILES string of the molecule is CC12CCCC1c1cc(O)c3cc(O)ccc3c1CC2.CO. The Hall–Kier alpha value is -1.74. The first-order valence-corrected chi connectivity index (χ1v) is 8.01. The van der Waals surface area contributed by atoms with Gasteiger partial charge in [0, 0.05) is 12.5 Å². The third-order valence-electron chi connectivity index (χ3n) is 5.65. The Morgan fingerprint density at radius 2 is 1.82 bits per heavy atom. The molecule has 2 aliphatic rings. The lowest BCUT2D eigenvalue weighted by atomic mass is 9.66. The zero-order valence-electron chi connectivity index (χ0n) is 13.3. The molecule has 0 aliphatic heterocycles. The van der Waals surface area contributed by atoms with Crippen molar-refractivity contribution < 1.29 is 15.3 Å². The number of aryl methyl sites for hydroxylation is 1. The van der Waals surface area contributed by atoms with Gasteiger partial charge < -0.3 is 15.3 Å². The first-order valence-electron chi connectivity index (χ1n) is 8.01. The number of aliphatic hydroxyl groups is 1. The van der Waals surface area contributed by atoms with Crippen LogP contribution in [0.4, 0.5) is 0 Å². The van der Waals surface area contributed by atoms with Gasteiger partial charge in [0.25, 0.3) is 0 Å². The first kappa shape index (κ1) is 15.2. The number of benzene rings is 2. The van der Waals surface area contributed by atoms with Gasteiger partial charge in [-0.05, 0) is 71.7 Å². The quantitative estimate of drug-likeness (QED) is 0.687. The number of hydrogen-bond donors (Lipinski definition) is 3. The molecule has 2 aliphatic carbocycles. The number of rotatable bonds is 0. The fourth-order valence-corrected chi connectivity index (χ4v) is 4.54. The molecule has 4 rings (SSSR count). The molecule has 2 atom stereocenters. The summed E-state index contributed by atoms with van der Waals surface area (Å²) >= 11 is 0. The van der Waals surface area contributed by atoms with Crippen molar-refractivity contribution in [3.8, 4) is 11.5 Å². The Balaban J connectivity index is 0.000000693. The summed E-state index contributed by atoms with van der Waals surface area (Å²) in [4.78, 5) is 0. The first-order chi connectivity index (χ1) is 10.6. The van der Waals surface area contributed by atoms with Crippen LogP contribution in [-0.4, -0.2) is 22.4 Å². The molecule has 22 heavy (non-hydrogen) atoms. The Morgan fingerprint density at radius 3 is 2.59 bits per heavy atom. The van der Waals surface area contributed by atoms with Gasteiger partial charge in [-0.2, -0.15) is 0 Å². The highest BCUT2D eigenvalue weighted by Crippen LogP contribution is 2.57. The van der Waals surface area contributed by atoms with Crippen molar-refractivity contribution in [2.45, 2.75) is 44.9 Å². The fourth-order valence-electron chi connectivity index (χ4n) is 4.54. The standard InChI is InChI=1S/C18H20O2.CH4O/c1-18-7-2-3-16(18)14-10-17(20)15-9-11(19)4-5-12(15)13(14)6-8-18;1-2/h4-5,9-10,16,19-20H,2-3,6-8H2,1H3;2H,1H3. The van der Waals surface area contributed by atoms with Crippen LogP contribution in [0.15, 0.2) is 24.3 Å². The summed E-state index contributed by atoms with van der Waals surface area (Å²) in [6.07, 6.45) is 6.18. The highest BCUT2D eigenvalue weighted by atomic mass is 16.3. The van der Waals surface area contributed by atoms with E-state index in [0.717, 1.165) is 24.3 Å². The van der Waals surface area contributed by atoms with E-state index in [1.165, 1.54) is 36.8 Å². The molecular formula is C19H24O3. The maximum absolute atomic E-state index is 10.3. The van der Waals surface area contributed by atoms with E-state index in [9.17, 15) is 10.2 Å². The van der Waals surface area contributed by atoms with E-state index in [1.807, 2.05) is 12.1 Å². The third-order valence-corrected chi connectivity index (χ3v) is 5.65. The summed E-state index contributed by atoms with van der Waals surface area (Å²) in [6.45, 7) is 2.41. The van der Waals surface area contributed by atoms with Gasteiger partial charge in [0.1, 0.15) is 11.5 Å². The normalized spacial score (nSPS) is 26.0. The number of aliphatic hydroxyl groups excluding tert-OH is 1. The van der Waals surface area contributed by atoms with E-state index < -0.39 is 0 Å². The summed E-state index contributed by atoms with van der Waals surface area (Å²) in [5.74, 6) is 1.12. The van der Waals surface area contributed by atoms with E-state index >= 15 is 0 Å². The molecule has 0 saturated heterocycles. The van der Waals surface area contributed by atoms with Crippen LogP contribution in [0.25, 0.3) is 10.8 Å². The topological polar surface area (TPSA) is 60.7 Å². The zero-order valence-corrected chi connectivity index (χ0v) is 13.3. The molecule has 1 fully saturated rings. The Kier molecular flexibility index (Phi) is 3.77. The highest BCUT2D eigenvalue weighted by Gasteiger charge is 2.43. The Morgan fingerprint density at radius 1 is 1.05 bits per heavy atom. The summed E-state index contributed by atoms with van der Waals surface area (Å²) in [5, 5.41) is 28.9. The zero-order chi connectivity index (χ0) is 15.9. The number of hydrogen-bond acceptors (Lipinski definition) is 3. The molecule has 118 valence electrons. The molecule has 2 unspecified atom stereocenters. The molecule has 3 nitrogen and oxygen atoms in total. The van der Waals surface area contributed by atoms with Crippen LogP contribution in [0.1, 0.15) is 49.7 Å². The van der Waals surface area contributed by atoms with Crippen LogP contribution in [0.3, 0.4) is 0 Å². The highest BCUT2D eigenvalue weighted by molar-refractivity contribution is 5.93. The number of aromatic hydroxyl groups is 2. The summed E-state index contributed by atoms with van der Waals surface area (Å²) in [6, 6.07) is 7.32. The number of phenolic OH excluding ortho intramolecular Hbond substituents is 2. The molecule has 0 aromatic heterocycles. The molecule has 0 spiro atoms. The van der Waals surface area contributed by atoms with Crippen LogP contribution in [0.5, 0.6) is 11.5 Å². The average Bonchev–Trinajstić information content (AvgIpc) is 2.92. The van der Waals surface area contributed by atoms with Crippen molar-refractivity contribution in [1.29, 1.82) is 0 Å². The van der Waals surface area contributed by atoms with Crippen molar-refractivity contribution in [1.82, 2.24) is 0 Å². The Labute approximate surface area is 131 Å². The van der Waals surface area contributed by atoms with Gasteiger partial charge in [-0.25, -0.2) is 0 Å². The van der Waals surface area contributed by atoms with E-state index in [-0.39, 0.29) is 5.75 Å². The fraction of sp³-hybridized carbons (Fsp3) is 0.474. The lowest BCUT2D eigenvalue weighted by Gasteiger charge is -2.38. The molecule has 3 heteroatoms. The van der Waals surface area contributed by atoms with Crippen molar-refractivity contribution in [2.75, 3.05) is 7.11 Å². The van der Waals surface area contributed by atoms with Crippen molar-refractivity contribution in [3.05, 3.63) is 35.4 Å². The van der Waals surface area contributed by atoms with Gasteiger partial charge in [-0.15, -0.1) is 0 Å². The predicted molar refractivity (Wildman–Crippen MR) is 88.4 cm³/mol. The molecule has 1 saturated carbocycles. The predicted octanol–water partition coefficient (Wildman–Crippen LogP) is 4.08. The van der Waals surface area contributed by atoms with Gasteiger partial charge in [0.2, 0.25) is 0 Å². The largest absolute Gasteiger partial charge is 0.508 e. The maximum Gasteiger partial charge on any atom is 0.123 e. The summed E-state index contributed by atoms with van der Waals surface area (Å²) < 4.78 is 0. The average molecular weight is 300 g/mol. The van der Waals surface area contributed by atoms with Crippen LogP contribution >= 0.6 is 0 Å². The van der Waals surface area contributed by atoms with Gasteiger partial charge >= 0.3 is 0 Å². The van der Waals surface area contributed by atoms with Gasteiger partial charge in [-0.1, -0.05) is 19.4 Å². The van der Waals surface area contributed by atoms with E-state index in [0.29, 0.717) is 17.1 Å². The van der Waals surface area contributed by atoms with E-state index in [4.69, 9.17) is 5.11 Å². The molecule has 0 radical (unpaired) electrons. The van der Waals surface area contributed by atoms with Crippen LogP contribution < -0.4 is 0 Å². The summed E-state index contributed by atoms with van der Waals surface area (Å²) in [5.41, 5.74) is 3.17.